The van der Waals surface area contributed by atoms with E-state index in [4.69, 9.17) is 10.2 Å². The Balaban J connectivity index is 3.06. The van der Waals surface area contributed by atoms with E-state index in [2.05, 4.69) is 0 Å². The summed E-state index contributed by atoms with van der Waals surface area (Å²) in [6.07, 6.45) is 3.03. The molecule has 0 aliphatic heterocycles. The lowest BCUT2D eigenvalue weighted by Gasteiger charge is -1.94. The van der Waals surface area contributed by atoms with Crippen molar-refractivity contribution in [2.75, 3.05) is 5.73 Å². The van der Waals surface area contributed by atoms with E-state index in [0.29, 0.717) is 16.7 Å². The van der Waals surface area contributed by atoms with E-state index in [1.54, 1.807) is 19.3 Å². The van der Waals surface area contributed by atoms with Crippen LogP contribution in [0, 0.1) is 0 Å². The predicted octanol–water partition coefficient (Wildman–Crippen LogP) is 0.714. The summed E-state index contributed by atoms with van der Waals surface area (Å²) in [5.74, 6) is 0. The fraction of sp³-hybridized carbons (Fsp3) is 0.125. The maximum absolute atomic E-state index is 11.4. The molecule has 0 aliphatic rings. The van der Waals surface area contributed by atoms with Crippen molar-refractivity contribution in [3.8, 4) is 0 Å². The Kier molecular flexibility index (Phi) is 1.24. The topological polar surface area (TPSA) is 61.2 Å². The van der Waals surface area contributed by atoms with Crippen molar-refractivity contribution in [3.05, 3.63) is 28.9 Å². The number of hydrogen-bond donors (Lipinski definition) is 1. The Hall–Kier alpha value is -1.71. The Morgan fingerprint density at radius 3 is 3.08 bits per heavy atom. The van der Waals surface area contributed by atoms with Crippen LogP contribution in [0.2, 0.25) is 0 Å². The molecule has 2 aromatic heterocycles. The van der Waals surface area contributed by atoms with Crippen LogP contribution < -0.4 is 11.3 Å². The highest BCUT2D eigenvalue weighted by Crippen LogP contribution is 2.17. The molecule has 2 heterocycles. The van der Waals surface area contributed by atoms with Crippen LogP contribution in [-0.4, -0.2) is 4.57 Å². The number of fused-ring (bicyclic) bond motifs is 1. The smallest absolute Gasteiger partial charge is 0.263 e. The Bertz CT molecular complexity index is 481. The normalized spacial score (nSPS) is 10.8. The number of rotatable bonds is 0. The summed E-state index contributed by atoms with van der Waals surface area (Å²) in [7, 11) is 1.67. The van der Waals surface area contributed by atoms with E-state index in [-0.39, 0.29) is 5.56 Å². The van der Waals surface area contributed by atoms with Crippen molar-refractivity contribution >= 4 is 16.7 Å². The maximum Gasteiger partial charge on any atom is 0.263 e. The fourth-order valence-electron chi connectivity index (χ4n) is 1.16. The molecule has 0 unspecified atom stereocenters. The van der Waals surface area contributed by atoms with Gasteiger partial charge in [-0.05, 0) is 6.07 Å². The molecule has 12 heavy (non-hydrogen) atoms. The molecular formula is C8H8N2O2. The van der Waals surface area contributed by atoms with E-state index in [1.807, 2.05) is 0 Å². The highest BCUT2D eigenvalue weighted by atomic mass is 16.3. The van der Waals surface area contributed by atoms with Crippen molar-refractivity contribution in [2.45, 2.75) is 0 Å². The Morgan fingerprint density at radius 2 is 2.33 bits per heavy atom. The lowest BCUT2D eigenvalue weighted by atomic mass is 10.3. The maximum atomic E-state index is 11.4. The average Bonchev–Trinajstić information content (AvgIpc) is 2.41. The van der Waals surface area contributed by atoms with Gasteiger partial charge in [0.05, 0.1) is 5.69 Å². The number of nitrogens with zero attached hydrogens (tertiary/aromatic N) is 1. The lowest BCUT2D eigenvalue weighted by molar-refractivity contribution is 0.616. The molecule has 0 atom stereocenters. The number of anilines is 1. The van der Waals surface area contributed by atoms with Gasteiger partial charge in [-0.3, -0.25) is 4.79 Å². The number of aromatic nitrogens is 1. The molecule has 0 saturated carbocycles. The molecule has 0 bridgehead atoms. The molecule has 4 nitrogen and oxygen atoms in total. The average molecular weight is 164 g/mol. The highest BCUT2D eigenvalue weighted by molar-refractivity contribution is 5.88. The van der Waals surface area contributed by atoms with Crippen LogP contribution in [-0.2, 0) is 7.05 Å². The number of hydrogen-bond acceptors (Lipinski definition) is 3. The van der Waals surface area contributed by atoms with Crippen LogP contribution in [0.4, 0.5) is 5.69 Å². The van der Waals surface area contributed by atoms with Crippen molar-refractivity contribution in [2.24, 2.45) is 7.05 Å². The summed E-state index contributed by atoms with van der Waals surface area (Å²) >= 11 is 0. The largest absolute Gasteiger partial charge is 0.462 e. The minimum atomic E-state index is -0.126. The molecular weight excluding hydrogens is 156 g/mol. The van der Waals surface area contributed by atoms with Crippen LogP contribution in [0.1, 0.15) is 0 Å². The quantitative estimate of drug-likeness (QED) is 0.623. The molecule has 4 heteroatoms. The molecule has 2 N–H and O–H groups in total. The van der Waals surface area contributed by atoms with Gasteiger partial charge in [0.15, 0.2) is 0 Å². The second-order valence-corrected chi connectivity index (χ2v) is 2.66. The van der Waals surface area contributed by atoms with Gasteiger partial charge in [-0.25, -0.2) is 0 Å². The summed E-state index contributed by atoms with van der Waals surface area (Å²) in [5, 5.41) is 0.458. The van der Waals surface area contributed by atoms with Crippen molar-refractivity contribution in [1.82, 2.24) is 4.57 Å². The van der Waals surface area contributed by atoms with Gasteiger partial charge in [-0.1, -0.05) is 0 Å². The van der Waals surface area contributed by atoms with Crippen LogP contribution >= 0.6 is 0 Å². The number of furan rings is 1. The zero-order valence-corrected chi connectivity index (χ0v) is 6.57. The third-order valence-electron chi connectivity index (χ3n) is 1.83. The van der Waals surface area contributed by atoms with Gasteiger partial charge in [0.25, 0.3) is 5.56 Å². The van der Waals surface area contributed by atoms with Crippen molar-refractivity contribution < 1.29 is 4.42 Å². The fourth-order valence-corrected chi connectivity index (χ4v) is 1.16. The second kappa shape index (κ2) is 2.14. The molecule has 62 valence electrons. The molecule has 2 aromatic rings. The van der Waals surface area contributed by atoms with E-state index in [0.717, 1.165) is 0 Å². The van der Waals surface area contributed by atoms with Gasteiger partial charge < -0.3 is 14.7 Å². The minimum Gasteiger partial charge on any atom is -0.462 e. The van der Waals surface area contributed by atoms with Crippen LogP contribution in [0.15, 0.2) is 27.7 Å². The minimum absolute atomic E-state index is 0.126. The van der Waals surface area contributed by atoms with Gasteiger partial charge in [0, 0.05) is 13.2 Å². The summed E-state index contributed by atoms with van der Waals surface area (Å²) < 4.78 is 6.51. The molecule has 0 radical (unpaired) electrons. The van der Waals surface area contributed by atoms with E-state index >= 15 is 0 Å². The van der Waals surface area contributed by atoms with Crippen molar-refractivity contribution in [1.29, 1.82) is 0 Å². The first-order valence-electron chi connectivity index (χ1n) is 3.52. The van der Waals surface area contributed by atoms with Gasteiger partial charge in [0.2, 0.25) is 0 Å². The molecule has 0 fully saturated rings. The van der Waals surface area contributed by atoms with Gasteiger partial charge >= 0.3 is 0 Å². The SMILES string of the molecule is Cn1ccc2occ(N)c2c1=O. The molecule has 0 aliphatic carbocycles. The van der Waals surface area contributed by atoms with Gasteiger partial charge in [0.1, 0.15) is 17.2 Å². The third kappa shape index (κ3) is 0.747. The Labute approximate surface area is 68.2 Å². The van der Waals surface area contributed by atoms with E-state index < -0.39 is 0 Å². The summed E-state index contributed by atoms with van der Waals surface area (Å²) in [6.45, 7) is 0. The first-order valence-corrected chi connectivity index (χ1v) is 3.52. The summed E-state index contributed by atoms with van der Waals surface area (Å²) in [4.78, 5) is 11.4. The van der Waals surface area contributed by atoms with E-state index in [9.17, 15) is 4.79 Å². The number of nitrogen functional groups attached to an aromatic ring is 1. The summed E-state index contributed by atoms with van der Waals surface area (Å²) in [5.41, 5.74) is 6.34. The summed E-state index contributed by atoms with van der Waals surface area (Å²) in [6, 6.07) is 1.72. The molecule has 0 amide bonds. The standard InChI is InChI=1S/C8H8N2O2/c1-10-3-2-6-7(8(10)11)5(9)4-12-6/h2-4H,9H2,1H3. The lowest BCUT2D eigenvalue weighted by Crippen LogP contribution is -2.15. The number of aryl methyl sites for hydroxylation is 1. The molecule has 0 aromatic carbocycles. The van der Waals surface area contributed by atoms with Crippen LogP contribution in [0.5, 0.6) is 0 Å². The second-order valence-electron chi connectivity index (χ2n) is 2.66. The number of pyridine rings is 1. The van der Waals surface area contributed by atoms with Gasteiger partial charge in [-0.15, -0.1) is 0 Å². The van der Waals surface area contributed by atoms with Gasteiger partial charge in [-0.2, -0.15) is 0 Å². The first-order chi connectivity index (χ1) is 5.70. The number of nitrogens with two attached hydrogens (primary N) is 1. The zero-order valence-electron chi connectivity index (χ0n) is 6.57. The monoisotopic (exact) mass is 164 g/mol. The third-order valence-corrected chi connectivity index (χ3v) is 1.83. The highest BCUT2D eigenvalue weighted by Gasteiger charge is 2.06. The zero-order chi connectivity index (χ0) is 8.72. The Morgan fingerprint density at radius 1 is 1.58 bits per heavy atom. The van der Waals surface area contributed by atoms with E-state index in [1.165, 1.54) is 10.8 Å². The van der Waals surface area contributed by atoms with Crippen LogP contribution in [0.3, 0.4) is 0 Å². The van der Waals surface area contributed by atoms with Crippen molar-refractivity contribution in [3.63, 3.8) is 0 Å². The molecule has 0 saturated heterocycles. The first kappa shape index (κ1) is 6.97. The molecule has 0 spiro atoms. The predicted molar refractivity (Wildman–Crippen MR) is 45.9 cm³/mol. The van der Waals surface area contributed by atoms with Crippen LogP contribution in [0.25, 0.3) is 11.0 Å². The molecule has 2 rings (SSSR count).